The van der Waals surface area contributed by atoms with Gasteiger partial charge in [-0.3, -0.25) is 4.90 Å². The number of carbonyl (C=O) groups excluding carboxylic acids is 2. The number of carbonyl (C=O) groups is 2. The van der Waals surface area contributed by atoms with Crippen molar-refractivity contribution in [2.24, 2.45) is 0 Å². The maximum absolute atomic E-state index is 12.6. The first-order valence-corrected chi connectivity index (χ1v) is 12.4. The van der Waals surface area contributed by atoms with Gasteiger partial charge < -0.3 is 13.9 Å². The molecule has 28 heavy (non-hydrogen) atoms. The number of methoxy groups -OCH3 is 1. The topological polar surface area (TPSA) is 65.1 Å². The third-order valence-corrected chi connectivity index (χ3v) is 9.85. The molecule has 1 heterocycles. The van der Waals surface area contributed by atoms with Gasteiger partial charge in [-0.1, -0.05) is 51.1 Å². The minimum atomic E-state index is -2.01. The zero-order valence-corrected chi connectivity index (χ0v) is 18.7. The normalized spacial score (nSPS) is 17.7. The van der Waals surface area contributed by atoms with Crippen molar-refractivity contribution in [2.45, 2.75) is 58.0 Å². The van der Waals surface area contributed by atoms with Gasteiger partial charge in [-0.2, -0.15) is 0 Å². The molecule has 0 saturated heterocycles. The first kappa shape index (κ1) is 22.2. The third kappa shape index (κ3) is 5.45. The lowest BCUT2D eigenvalue weighted by Crippen LogP contribution is -2.47. The third-order valence-electron chi connectivity index (χ3n) is 5.34. The average molecular weight is 406 g/mol. The number of ether oxygens (including phenoxy) is 2. The van der Waals surface area contributed by atoms with Crippen LogP contribution in [0.4, 0.5) is 4.79 Å². The molecule has 1 amide bonds. The van der Waals surface area contributed by atoms with Crippen molar-refractivity contribution in [3.05, 3.63) is 47.7 Å². The van der Waals surface area contributed by atoms with Crippen LogP contribution in [-0.4, -0.2) is 45.0 Å². The van der Waals surface area contributed by atoms with E-state index in [0.29, 0.717) is 13.0 Å². The molecule has 0 fully saturated rings. The van der Waals surface area contributed by atoms with E-state index in [1.54, 1.807) is 6.08 Å². The number of amides is 1. The monoisotopic (exact) mass is 405 g/mol. The summed E-state index contributed by atoms with van der Waals surface area (Å²) in [6.45, 7) is 11.3. The van der Waals surface area contributed by atoms with Gasteiger partial charge in [0, 0.05) is 6.54 Å². The maximum Gasteiger partial charge on any atom is 0.414 e. The predicted octanol–water partition coefficient (Wildman–Crippen LogP) is 4.48. The van der Waals surface area contributed by atoms with Crippen molar-refractivity contribution in [1.29, 1.82) is 0 Å². The SMILES string of the molecule is COC(=O)C1=C[C@H](O[Si](C)(C)C(C)(C)C)CCN1C(=O)OCc1ccccc1. The van der Waals surface area contributed by atoms with Crippen molar-refractivity contribution in [3.8, 4) is 0 Å². The van der Waals surface area contributed by atoms with E-state index in [-0.39, 0.29) is 23.4 Å². The fourth-order valence-electron chi connectivity index (χ4n) is 2.64. The Labute approximate surface area is 168 Å². The highest BCUT2D eigenvalue weighted by atomic mass is 28.4. The lowest BCUT2D eigenvalue weighted by molar-refractivity contribution is -0.138. The fourth-order valence-corrected chi connectivity index (χ4v) is 3.94. The van der Waals surface area contributed by atoms with E-state index in [1.807, 2.05) is 30.3 Å². The zero-order valence-electron chi connectivity index (χ0n) is 17.7. The molecule has 0 aromatic heterocycles. The second kappa shape index (κ2) is 8.92. The Morgan fingerprint density at radius 3 is 2.39 bits per heavy atom. The van der Waals surface area contributed by atoms with Crippen LogP contribution in [0.3, 0.4) is 0 Å². The van der Waals surface area contributed by atoms with Crippen LogP contribution < -0.4 is 0 Å². The van der Waals surface area contributed by atoms with E-state index < -0.39 is 20.4 Å². The number of hydrogen-bond acceptors (Lipinski definition) is 5. The Morgan fingerprint density at radius 2 is 1.82 bits per heavy atom. The molecule has 2 rings (SSSR count). The number of hydrogen-bond donors (Lipinski definition) is 0. The fraction of sp³-hybridized carbons (Fsp3) is 0.524. The van der Waals surface area contributed by atoms with Crippen LogP contribution in [0.5, 0.6) is 0 Å². The molecule has 1 aromatic carbocycles. The summed E-state index contributed by atoms with van der Waals surface area (Å²) < 4.78 is 16.7. The average Bonchev–Trinajstić information content (AvgIpc) is 2.65. The molecular weight excluding hydrogens is 374 g/mol. The van der Waals surface area contributed by atoms with Crippen LogP contribution in [0.25, 0.3) is 0 Å². The highest BCUT2D eigenvalue weighted by Gasteiger charge is 2.40. The van der Waals surface area contributed by atoms with Crippen LogP contribution in [0.15, 0.2) is 42.1 Å². The molecule has 0 N–H and O–H groups in total. The quantitative estimate of drug-likeness (QED) is 0.534. The molecular formula is C21H31NO5Si. The molecule has 0 spiro atoms. The summed E-state index contributed by atoms with van der Waals surface area (Å²) >= 11 is 0. The highest BCUT2D eigenvalue weighted by Crippen LogP contribution is 2.38. The van der Waals surface area contributed by atoms with E-state index in [2.05, 4.69) is 33.9 Å². The number of esters is 1. The van der Waals surface area contributed by atoms with Gasteiger partial charge >= 0.3 is 12.1 Å². The molecule has 7 heteroatoms. The molecule has 1 aliphatic rings. The van der Waals surface area contributed by atoms with Gasteiger partial charge in [0.25, 0.3) is 0 Å². The zero-order chi connectivity index (χ0) is 20.9. The van der Waals surface area contributed by atoms with Crippen LogP contribution in [0, 0.1) is 0 Å². The first-order valence-electron chi connectivity index (χ1n) is 9.51. The highest BCUT2D eigenvalue weighted by molar-refractivity contribution is 6.74. The van der Waals surface area contributed by atoms with Gasteiger partial charge in [0.05, 0.1) is 13.2 Å². The van der Waals surface area contributed by atoms with Crippen LogP contribution in [-0.2, 0) is 25.3 Å². The second-order valence-electron chi connectivity index (χ2n) is 8.44. The molecule has 1 aromatic rings. The second-order valence-corrected chi connectivity index (χ2v) is 13.2. The van der Waals surface area contributed by atoms with Gasteiger partial charge in [0.1, 0.15) is 12.3 Å². The standard InChI is InChI=1S/C21H31NO5Si/c1-21(2,3)28(5,6)27-17-12-13-22(18(14-17)19(23)25-4)20(24)26-15-16-10-8-7-9-11-16/h7-11,14,17H,12-13,15H2,1-6H3/t17-/m1/s1. The minimum absolute atomic E-state index is 0.0536. The Bertz CT molecular complexity index is 724. The molecule has 0 bridgehead atoms. The molecule has 6 nitrogen and oxygen atoms in total. The van der Waals surface area contributed by atoms with E-state index in [0.717, 1.165) is 5.56 Å². The molecule has 1 aliphatic heterocycles. The molecule has 1 atom stereocenters. The summed E-state index contributed by atoms with van der Waals surface area (Å²) in [6, 6.07) is 9.42. The largest absolute Gasteiger partial charge is 0.464 e. The van der Waals surface area contributed by atoms with Crippen molar-refractivity contribution >= 4 is 20.4 Å². The Morgan fingerprint density at radius 1 is 1.18 bits per heavy atom. The van der Waals surface area contributed by atoms with Crippen LogP contribution in [0.1, 0.15) is 32.8 Å². The molecule has 0 radical (unpaired) electrons. The van der Waals surface area contributed by atoms with E-state index in [9.17, 15) is 9.59 Å². The summed E-state index contributed by atoms with van der Waals surface area (Å²) in [7, 11) is -0.706. The van der Waals surface area contributed by atoms with E-state index in [1.165, 1.54) is 12.0 Å². The molecule has 0 saturated carbocycles. The van der Waals surface area contributed by atoms with Crippen molar-refractivity contribution in [2.75, 3.05) is 13.7 Å². The molecule has 154 valence electrons. The van der Waals surface area contributed by atoms with Crippen LogP contribution in [0.2, 0.25) is 18.1 Å². The lowest BCUT2D eigenvalue weighted by Gasteiger charge is -2.40. The summed E-state index contributed by atoms with van der Waals surface area (Å²) in [5.74, 6) is -0.569. The van der Waals surface area contributed by atoms with Crippen LogP contribution >= 0.6 is 0 Å². The van der Waals surface area contributed by atoms with Gasteiger partial charge in [-0.25, -0.2) is 9.59 Å². The van der Waals surface area contributed by atoms with E-state index >= 15 is 0 Å². The molecule has 0 unspecified atom stereocenters. The smallest absolute Gasteiger partial charge is 0.414 e. The van der Waals surface area contributed by atoms with Gasteiger partial charge in [0.15, 0.2) is 8.32 Å². The maximum atomic E-state index is 12.6. The Kier molecular flexibility index (Phi) is 7.06. The number of rotatable bonds is 5. The first-order chi connectivity index (χ1) is 13.0. The number of nitrogens with zero attached hydrogens (tertiary/aromatic N) is 1. The van der Waals surface area contributed by atoms with Gasteiger partial charge in [0.2, 0.25) is 0 Å². The minimum Gasteiger partial charge on any atom is -0.464 e. The predicted molar refractivity (Wildman–Crippen MR) is 110 cm³/mol. The summed E-state index contributed by atoms with van der Waals surface area (Å²) in [4.78, 5) is 26.2. The van der Waals surface area contributed by atoms with Crippen molar-refractivity contribution in [1.82, 2.24) is 4.90 Å². The molecule has 0 aliphatic carbocycles. The Balaban J connectivity index is 2.13. The van der Waals surface area contributed by atoms with Gasteiger partial charge in [-0.05, 0) is 36.2 Å². The summed E-state index contributed by atoms with van der Waals surface area (Å²) in [5, 5.41) is 0.0536. The van der Waals surface area contributed by atoms with Gasteiger partial charge in [-0.15, -0.1) is 0 Å². The summed E-state index contributed by atoms with van der Waals surface area (Å²) in [6.07, 6.45) is 1.51. The summed E-state index contributed by atoms with van der Waals surface area (Å²) in [5.41, 5.74) is 1.06. The van der Waals surface area contributed by atoms with Crippen molar-refractivity contribution in [3.63, 3.8) is 0 Å². The number of benzene rings is 1. The Hall–Kier alpha value is -2.12. The lowest BCUT2D eigenvalue weighted by atomic mass is 10.1. The van der Waals surface area contributed by atoms with Crippen molar-refractivity contribution < 1.29 is 23.5 Å². The van der Waals surface area contributed by atoms with E-state index in [4.69, 9.17) is 13.9 Å².